The van der Waals surface area contributed by atoms with Crippen molar-refractivity contribution in [2.75, 3.05) is 11.6 Å². The molecule has 0 atom stereocenters. The summed E-state index contributed by atoms with van der Waals surface area (Å²) < 4.78 is 6.83. The second-order valence-corrected chi connectivity index (χ2v) is 7.48. The van der Waals surface area contributed by atoms with Crippen LogP contribution in [0, 0.1) is 3.57 Å². The third-order valence-electron chi connectivity index (χ3n) is 3.64. The number of anilines is 1. The van der Waals surface area contributed by atoms with E-state index in [0.717, 1.165) is 4.47 Å². The van der Waals surface area contributed by atoms with Crippen molar-refractivity contribution in [3.63, 3.8) is 0 Å². The van der Waals surface area contributed by atoms with Gasteiger partial charge in [0.2, 0.25) is 0 Å². The van der Waals surface area contributed by atoms with Gasteiger partial charge in [-0.1, -0.05) is 15.9 Å². The number of nitrogens with zero attached hydrogens (tertiary/aromatic N) is 1. The Hall–Kier alpha value is -2.07. The molecule has 6 nitrogen and oxygen atoms in total. The van der Waals surface area contributed by atoms with Gasteiger partial charge < -0.3 is 9.84 Å². The van der Waals surface area contributed by atoms with E-state index in [1.54, 1.807) is 36.4 Å². The number of benzene rings is 2. The maximum absolute atomic E-state index is 12.6. The smallest absolute Gasteiger partial charge is 0.282 e. The van der Waals surface area contributed by atoms with Gasteiger partial charge in [0.05, 0.1) is 15.9 Å². The second kappa shape index (κ2) is 7.67. The number of aromatic hydroxyl groups is 1. The first-order chi connectivity index (χ1) is 12.4. The summed E-state index contributed by atoms with van der Waals surface area (Å²) in [7, 11) is 0. The minimum Gasteiger partial charge on any atom is -0.504 e. The van der Waals surface area contributed by atoms with Crippen molar-refractivity contribution in [2.24, 2.45) is 0 Å². The van der Waals surface area contributed by atoms with Gasteiger partial charge in [0.1, 0.15) is 5.57 Å². The number of amides is 2. The fraction of sp³-hybridized carbons (Fsp3) is 0.111. The van der Waals surface area contributed by atoms with E-state index in [1.807, 2.05) is 29.5 Å². The predicted molar refractivity (Wildman–Crippen MR) is 110 cm³/mol. The highest BCUT2D eigenvalue weighted by Gasteiger charge is 2.34. The first-order valence-electron chi connectivity index (χ1n) is 7.68. The monoisotopic (exact) mass is 528 g/mol. The van der Waals surface area contributed by atoms with E-state index in [0.29, 0.717) is 27.2 Å². The molecule has 2 amide bonds. The number of nitrogens with one attached hydrogen (secondary N) is 1. The van der Waals surface area contributed by atoms with Crippen molar-refractivity contribution in [3.8, 4) is 11.5 Å². The lowest BCUT2D eigenvalue weighted by molar-refractivity contribution is -0.117. The zero-order chi connectivity index (χ0) is 18.8. The fourth-order valence-corrected chi connectivity index (χ4v) is 3.33. The number of rotatable bonds is 4. The van der Waals surface area contributed by atoms with Crippen LogP contribution in [0.2, 0.25) is 0 Å². The molecule has 3 rings (SSSR count). The Morgan fingerprint density at radius 1 is 1.27 bits per heavy atom. The number of ether oxygens (including phenoxy) is 1. The van der Waals surface area contributed by atoms with E-state index in [9.17, 15) is 14.7 Å². The van der Waals surface area contributed by atoms with Gasteiger partial charge in [-0.3, -0.25) is 15.0 Å². The Morgan fingerprint density at radius 3 is 2.62 bits per heavy atom. The second-order valence-electron chi connectivity index (χ2n) is 5.40. The Bertz CT molecular complexity index is 912. The van der Waals surface area contributed by atoms with Gasteiger partial charge in [-0.15, -0.1) is 0 Å². The summed E-state index contributed by atoms with van der Waals surface area (Å²) >= 11 is 5.30. The molecule has 0 saturated carbocycles. The third kappa shape index (κ3) is 3.70. The zero-order valence-electron chi connectivity index (χ0n) is 13.6. The quantitative estimate of drug-likeness (QED) is 0.361. The number of carbonyl (C=O) groups is 2. The topological polar surface area (TPSA) is 78.9 Å². The van der Waals surface area contributed by atoms with Crippen molar-refractivity contribution in [3.05, 3.63) is 55.6 Å². The summed E-state index contributed by atoms with van der Waals surface area (Å²) in [6.45, 7) is 2.20. The Balaban J connectivity index is 1.95. The third-order valence-corrected chi connectivity index (χ3v) is 4.99. The highest BCUT2D eigenvalue weighted by molar-refractivity contribution is 14.1. The molecule has 26 heavy (non-hydrogen) atoms. The van der Waals surface area contributed by atoms with Crippen LogP contribution in [0.5, 0.6) is 11.5 Å². The van der Waals surface area contributed by atoms with Crippen molar-refractivity contribution in [1.29, 1.82) is 0 Å². The van der Waals surface area contributed by atoms with Crippen molar-refractivity contribution >= 4 is 62.1 Å². The molecule has 0 bridgehead atoms. The van der Waals surface area contributed by atoms with Crippen molar-refractivity contribution in [2.45, 2.75) is 6.92 Å². The molecule has 1 aliphatic heterocycles. The lowest BCUT2D eigenvalue weighted by atomic mass is 10.1. The maximum Gasteiger partial charge on any atom is 0.282 e. The number of hydrogen-bond acceptors (Lipinski definition) is 4. The molecule has 0 unspecified atom stereocenters. The summed E-state index contributed by atoms with van der Waals surface area (Å²) in [5.74, 6) is -0.590. The molecule has 8 heteroatoms. The van der Waals surface area contributed by atoms with Crippen LogP contribution in [-0.2, 0) is 9.59 Å². The molecule has 2 aromatic rings. The highest BCUT2D eigenvalue weighted by Crippen LogP contribution is 2.34. The molecule has 1 heterocycles. The minimum absolute atomic E-state index is 0.0110. The standard InChI is InChI=1S/C18H14BrIN2O4/c1-2-26-15-9-10(8-14(20)16(15)23)7-13-17(24)21-22(18(13)25)12-5-3-11(19)4-6-12/h3-9,23H,2H2,1H3,(H,21,24)/b13-7-. The van der Waals surface area contributed by atoms with E-state index in [4.69, 9.17) is 4.74 Å². The molecule has 0 spiro atoms. The number of carbonyl (C=O) groups excluding carboxylic acids is 2. The first-order valence-corrected chi connectivity index (χ1v) is 9.56. The largest absolute Gasteiger partial charge is 0.504 e. The fourth-order valence-electron chi connectivity index (χ4n) is 2.44. The molecule has 2 N–H and O–H groups in total. The van der Waals surface area contributed by atoms with Crippen LogP contribution >= 0.6 is 38.5 Å². The van der Waals surface area contributed by atoms with Crippen LogP contribution in [-0.4, -0.2) is 23.5 Å². The number of hydrazine groups is 1. The van der Waals surface area contributed by atoms with Gasteiger partial charge in [0, 0.05) is 4.47 Å². The van der Waals surface area contributed by atoms with E-state index in [-0.39, 0.29) is 11.3 Å². The average molecular weight is 529 g/mol. The Morgan fingerprint density at radius 2 is 1.96 bits per heavy atom. The lowest BCUT2D eigenvalue weighted by Gasteiger charge is -2.14. The number of hydrogen-bond donors (Lipinski definition) is 2. The van der Waals surface area contributed by atoms with Gasteiger partial charge in [0.25, 0.3) is 11.8 Å². The van der Waals surface area contributed by atoms with Crippen LogP contribution in [0.1, 0.15) is 12.5 Å². The van der Waals surface area contributed by atoms with E-state index in [2.05, 4.69) is 21.4 Å². The Kier molecular flexibility index (Phi) is 5.52. The molecule has 1 fully saturated rings. The summed E-state index contributed by atoms with van der Waals surface area (Å²) in [5, 5.41) is 11.2. The summed E-state index contributed by atoms with van der Waals surface area (Å²) in [6.07, 6.45) is 1.49. The van der Waals surface area contributed by atoms with Gasteiger partial charge in [-0.25, -0.2) is 5.01 Å². The molecule has 2 aromatic carbocycles. The highest BCUT2D eigenvalue weighted by atomic mass is 127. The van der Waals surface area contributed by atoms with Crippen molar-refractivity contribution in [1.82, 2.24) is 5.43 Å². The summed E-state index contributed by atoms with van der Waals surface area (Å²) in [5.41, 5.74) is 3.72. The predicted octanol–water partition coefficient (Wildman–Crippen LogP) is 3.62. The summed E-state index contributed by atoms with van der Waals surface area (Å²) in [6, 6.07) is 10.3. The van der Waals surface area contributed by atoms with Crippen LogP contribution < -0.4 is 15.2 Å². The minimum atomic E-state index is -0.487. The van der Waals surface area contributed by atoms with E-state index >= 15 is 0 Å². The number of phenols is 1. The molecule has 134 valence electrons. The molecular weight excluding hydrogens is 515 g/mol. The SMILES string of the molecule is CCOc1cc(/C=C2/C(=O)NN(c3ccc(Br)cc3)C2=O)cc(I)c1O. The average Bonchev–Trinajstić information content (AvgIpc) is 2.88. The van der Waals surface area contributed by atoms with Crippen LogP contribution in [0.25, 0.3) is 6.08 Å². The van der Waals surface area contributed by atoms with Crippen LogP contribution in [0.15, 0.2) is 46.4 Å². The van der Waals surface area contributed by atoms with Gasteiger partial charge in [-0.05, 0) is 77.6 Å². The van der Waals surface area contributed by atoms with Crippen LogP contribution in [0.4, 0.5) is 5.69 Å². The molecule has 0 aliphatic carbocycles. The van der Waals surface area contributed by atoms with Gasteiger partial charge >= 0.3 is 0 Å². The number of phenolic OH excluding ortho intramolecular Hbond substituents is 1. The Labute approximate surface area is 172 Å². The number of halogens is 2. The first kappa shape index (κ1) is 18.7. The normalized spacial score (nSPS) is 15.5. The van der Waals surface area contributed by atoms with E-state index < -0.39 is 11.8 Å². The van der Waals surface area contributed by atoms with Crippen molar-refractivity contribution < 1.29 is 19.4 Å². The zero-order valence-corrected chi connectivity index (χ0v) is 17.4. The van der Waals surface area contributed by atoms with Gasteiger partial charge in [-0.2, -0.15) is 0 Å². The molecule has 1 saturated heterocycles. The molecule has 0 radical (unpaired) electrons. The maximum atomic E-state index is 12.6. The summed E-state index contributed by atoms with van der Waals surface area (Å²) in [4.78, 5) is 24.9. The molecule has 0 aromatic heterocycles. The molecule has 1 aliphatic rings. The molecular formula is C18H14BrIN2O4. The lowest BCUT2D eigenvalue weighted by Crippen LogP contribution is -2.35. The van der Waals surface area contributed by atoms with Gasteiger partial charge in [0.15, 0.2) is 11.5 Å². The van der Waals surface area contributed by atoms with E-state index in [1.165, 1.54) is 11.1 Å². The van der Waals surface area contributed by atoms with Crippen LogP contribution in [0.3, 0.4) is 0 Å².